The molecule has 0 heterocycles. The molecule has 2 aromatic rings. The van der Waals surface area contributed by atoms with Crippen molar-refractivity contribution in [2.45, 2.75) is 77.2 Å². The third kappa shape index (κ3) is 3.50. The van der Waals surface area contributed by atoms with E-state index < -0.39 is 5.60 Å². The highest BCUT2D eigenvalue weighted by molar-refractivity contribution is 5.80. The van der Waals surface area contributed by atoms with Crippen LogP contribution in [-0.4, -0.2) is 10.7 Å². The minimum Gasteiger partial charge on any atom is -0.389 e. The predicted octanol–water partition coefficient (Wildman–Crippen LogP) is 6.74. The van der Waals surface area contributed by atoms with Crippen LogP contribution in [-0.2, 0) is 10.8 Å². The van der Waals surface area contributed by atoms with Crippen molar-refractivity contribution in [2.24, 2.45) is 0 Å². The van der Waals surface area contributed by atoms with Crippen LogP contribution >= 0.6 is 0 Å². The summed E-state index contributed by atoms with van der Waals surface area (Å²) in [7, 11) is 0. The van der Waals surface area contributed by atoms with Crippen LogP contribution in [0, 0.1) is 0 Å². The van der Waals surface area contributed by atoms with Gasteiger partial charge < -0.3 is 5.11 Å². The van der Waals surface area contributed by atoms with Crippen molar-refractivity contribution in [2.75, 3.05) is 0 Å². The highest BCUT2D eigenvalue weighted by Gasteiger charge is 2.52. The van der Waals surface area contributed by atoms with Gasteiger partial charge in [-0.1, -0.05) is 95.6 Å². The second kappa shape index (κ2) is 6.95. The molecule has 0 saturated carbocycles. The first-order chi connectivity index (χ1) is 12.6. The van der Waals surface area contributed by atoms with E-state index in [0.717, 1.165) is 19.3 Å². The zero-order chi connectivity index (χ0) is 19.9. The van der Waals surface area contributed by atoms with Crippen LogP contribution in [0.25, 0.3) is 11.6 Å². The highest BCUT2D eigenvalue weighted by atomic mass is 16.3. The first-order valence-corrected chi connectivity index (χ1v) is 10.2. The van der Waals surface area contributed by atoms with Crippen molar-refractivity contribution in [1.82, 2.24) is 0 Å². The van der Waals surface area contributed by atoms with Crippen molar-refractivity contribution >= 4 is 11.6 Å². The fourth-order valence-corrected chi connectivity index (χ4v) is 4.89. The van der Waals surface area contributed by atoms with Gasteiger partial charge in [-0.15, -0.1) is 0 Å². The number of fused-ring (bicyclic) bond motifs is 1. The first kappa shape index (κ1) is 19.9. The Hall–Kier alpha value is -1.86. The van der Waals surface area contributed by atoms with Crippen molar-refractivity contribution in [3.63, 3.8) is 0 Å². The molecular weight excluding hydrogens is 328 g/mol. The number of hydrogen-bond acceptors (Lipinski definition) is 1. The molecule has 0 aliphatic heterocycles. The molecule has 1 nitrogen and oxygen atoms in total. The maximum Gasteiger partial charge on any atom is 0.0746 e. The van der Waals surface area contributed by atoms with Crippen LogP contribution in [0.4, 0.5) is 0 Å². The van der Waals surface area contributed by atoms with Gasteiger partial charge in [-0.25, -0.2) is 0 Å². The van der Waals surface area contributed by atoms with Crippen molar-refractivity contribution < 1.29 is 5.11 Å². The molecule has 0 fully saturated rings. The molecule has 144 valence electrons. The molecule has 0 amide bonds. The molecule has 0 bridgehead atoms. The van der Waals surface area contributed by atoms with E-state index in [1.54, 1.807) is 0 Å². The topological polar surface area (TPSA) is 20.2 Å². The van der Waals surface area contributed by atoms with Gasteiger partial charge in [0.1, 0.15) is 0 Å². The third-order valence-electron chi connectivity index (χ3n) is 6.62. The summed E-state index contributed by atoms with van der Waals surface area (Å²) in [5, 5.41) is 11.5. The molecule has 1 heteroatoms. The Morgan fingerprint density at radius 1 is 1.00 bits per heavy atom. The lowest BCUT2D eigenvalue weighted by Crippen LogP contribution is -2.55. The van der Waals surface area contributed by atoms with E-state index in [2.05, 4.69) is 90.1 Å². The molecule has 1 aliphatic carbocycles. The van der Waals surface area contributed by atoms with Gasteiger partial charge in [-0.3, -0.25) is 0 Å². The SMILES string of the molecule is CCCC1(O)CC(C)(C)c2cc(/C(C)=C/c3ccccc3)ccc2C1(C)C. The van der Waals surface area contributed by atoms with E-state index in [-0.39, 0.29) is 10.8 Å². The minimum atomic E-state index is -0.658. The monoisotopic (exact) mass is 362 g/mol. The van der Waals surface area contributed by atoms with Crippen LogP contribution in [0.2, 0.25) is 0 Å². The largest absolute Gasteiger partial charge is 0.389 e. The Bertz CT molecular complexity index is 842. The number of allylic oxidation sites excluding steroid dienone is 1. The van der Waals surface area contributed by atoms with Crippen molar-refractivity contribution in [1.29, 1.82) is 0 Å². The summed E-state index contributed by atoms with van der Waals surface area (Å²) in [4.78, 5) is 0. The number of benzene rings is 2. The molecule has 1 N–H and O–H groups in total. The van der Waals surface area contributed by atoms with Gasteiger partial charge in [0.25, 0.3) is 0 Å². The second-order valence-corrected chi connectivity index (χ2v) is 9.47. The summed E-state index contributed by atoms with van der Waals surface area (Å²) in [6.45, 7) is 13.3. The lowest BCUT2D eigenvalue weighted by molar-refractivity contribution is -0.0654. The van der Waals surface area contributed by atoms with Crippen molar-refractivity contribution in [3.8, 4) is 0 Å². The molecule has 0 aromatic heterocycles. The standard InChI is InChI=1S/C26H34O/c1-7-15-26(27)18-24(3,4)23-17-21(13-14-22(23)25(26,5)6)19(2)16-20-11-9-8-10-12-20/h8-14,16-17,27H,7,15,18H2,1-6H3/b19-16+. The van der Waals surface area contributed by atoms with Gasteiger partial charge in [-0.05, 0) is 53.0 Å². The first-order valence-electron chi connectivity index (χ1n) is 10.2. The molecule has 2 aromatic carbocycles. The molecule has 3 rings (SSSR count). The van der Waals surface area contributed by atoms with Gasteiger partial charge in [0, 0.05) is 5.41 Å². The molecule has 27 heavy (non-hydrogen) atoms. The Balaban J connectivity index is 2.08. The summed E-state index contributed by atoms with van der Waals surface area (Å²) in [5.41, 5.74) is 5.49. The summed E-state index contributed by atoms with van der Waals surface area (Å²) in [5.74, 6) is 0. The Morgan fingerprint density at radius 2 is 1.67 bits per heavy atom. The molecule has 0 spiro atoms. The zero-order valence-corrected chi connectivity index (χ0v) is 17.8. The highest BCUT2D eigenvalue weighted by Crippen LogP contribution is 2.53. The molecule has 1 atom stereocenters. The summed E-state index contributed by atoms with van der Waals surface area (Å²) < 4.78 is 0. The van der Waals surface area contributed by atoms with Crippen LogP contribution in [0.15, 0.2) is 48.5 Å². The van der Waals surface area contributed by atoms with Gasteiger partial charge in [0.05, 0.1) is 5.60 Å². The van der Waals surface area contributed by atoms with Crippen molar-refractivity contribution in [3.05, 3.63) is 70.8 Å². The third-order valence-corrected chi connectivity index (χ3v) is 6.62. The van der Waals surface area contributed by atoms with E-state index in [1.807, 2.05) is 6.07 Å². The summed E-state index contributed by atoms with van der Waals surface area (Å²) in [6, 6.07) is 17.3. The molecule has 1 aliphatic rings. The quantitative estimate of drug-likeness (QED) is 0.597. The molecule has 0 saturated heterocycles. The predicted molar refractivity (Wildman–Crippen MR) is 117 cm³/mol. The molecule has 1 unspecified atom stereocenters. The summed E-state index contributed by atoms with van der Waals surface area (Å²) >= 11 is 0. The number of aliphatic hydroxyl groups is 1. The zero-order valence-electron chi connectivity index (χ0n) is 17.8. The van der Waals surface area contributed by atoms with E-state index in [4.69, 9.17) is 0 Å². The van der Waals surface area contributed by atoms with Gasteiger partial charge in [0.2, 0.25) is 0 Å². The number of rotatable bonds is 4. The van der Waals surface area contributed by atoms with Crippen LogP contribution in [0.1, 0.15) is 83.1 Å². The van der Waals surface area contributed by atoms with Crippen LogP contribution < -0.4 is 0 Å². The minimum absolute atomic E-state index is 0.0438. The molecular formula is C26H34O. The van der Waals surface area contributed by atoms with Gasteiger partial charge in [-0.2, -0.15) is 0 Å². The smallest absolute Gasteiger partial charge is 0.0746 e. The van der Waals surface area contributed by atoms with E-state index in [1.165, 1.54) is 27.8 Å². The average Bonchev–Trinajstić information content (AvgIpc) is 2.60. The van der Waals surface area contributed by atoms with E-state index in [9.17, 15) is 5.11 Å². The molecule has 0 radical (unpaired) electrons. The van der Waals surface area contributed by atoms with Gasteiger partial charge >= 0.3 is 0 Å². The average molecular weight is 363 g/mol. The Kier molecular flexibility index (Phi) is 5.12. The van der Waals surface area contributed by atoms with Gasteiger partial charge in [0.15, 0.2) is 0 Å². The Labute approximate surface area is 165 Å². The maximum absolute atomic E-state index is 11.5. The fourth-order valence-electron chi connectivity index (χ4n) is 4.89. The number of hydrogen-bond donors (Lipinski definition) is 1. The second-order valence-electron chi connectivity index (χ2n) is 9.47. The van der Waals surface area contributed by atoms with E-state index in [0.29, 0.717) is 0 Å². The maximum atomic E-state index is 11.5. The lowest BCUT2D eigenvalue weighted by Gasteiger charge is -2.53. The normalized spacial score (nSPS) is 23.7. The Morgan fingerprint density at radius 3 is 2.30 bits per heavy atom. The lowest BCUT2D eigenvalue weighted by atomic mass is 9.54. The van der Waals surface area contributed by atoms with Crippen LogP contribution in [0.5, 0.6) is 0 Å². The van der Waals surface area contributed by atoms with E-state index >= 15 is 0 Å². The summed E-state index contributed by atoms with van der Waals surface area (Å²) in [6.07, 6.45) is 4.90. The van der Waals surface area contributed by atoms with Crippen LogP contribution in [0.3, 0.4) is 0 Å². The fraction of sp³-hybridized carbons (Fsp3) is 0.462.